The van der Waals surface area contributed by atoms with E-state index in [2.05, 4.69) is 5.32 Å². The van der Waals surface area contributed by atoms with Gasteiger partial charge in [0.25, 0.3) is 0 Å². The number of likely N-dealkylation sites (tertiary alicyclic amines) is 1. The Morgan fingerprint density at radius 3 is 2.39 bits per heavy atom. The van der Waals surface area contributed by atoms with Gasteiger partial charge in [-0.25, -0.2) is 0 Å². The lowest BCUT2D eigenvalue weighted by atomic mass is 9.85. The SMILES string of the molecule is CCNC(=O)[C@H](C)N(Cc1cccc(C)c1)C(=O)CCN1C(=O)[C@H]2CC=CC[C@H]2C1=O. The van der Waals surface area contributed by atoms with Crippen molar-refractivity contribution in [1.82, 2.24) is 15.1 Å². The number of amides is 4. The summed E-state index contributed by atoms with van der Waals surface area (Å²) in [6, 6.07) is 7.13. The summed E-state index contributed by atoms with van der Waals surface area (Å²) in [4.78, 5) is 53.7. The molecule has 7 nitrogen and oxygen atoms in total. The van der Waals surface area contributed by atoms with Gasteiger partial charge in [-0.2, -0.15) is 0 Å². The number of nitrogens with zero attached hydrogens (tertiary/aromatic N) is 2. The highest BCUT2D eigenvalue weighted by Gasteiger charge is 2.47. The molecule has 1 aromatic rings. The van der Waals surface area contributed by atoms with Crippen LogP contribution in [-0.4, -0.2) is 52.6 Å². The number of fused-ring (bicyclic) bond motifs is 1. The Kier molecular flexibility index (Phi) is 7.25. The average molecular weight is 426 g/mol. The second-order valence-corrected chi connectivity index (χ2v) is 8.32. The molecule has 31 heavy (non-hydrogen) atoms. The van der Waals surface area contributed by atoms with Gasteiger partial charge in [0.05, 0.1) is 11.8 Å². The van der Waals surface area contributed by atoms with Crippen LogP contribution in [0, 0.1) is 18.8 Å². The van der Waals surface area contributed by atoms with Gasteiger partial charge < -0.3 is 10.2 Å². The smallest absolute Gasteiger partial charge is 0.242 e. The molecular weight excluding hydrogens is 394 g/mol. The molecule has 0 spiro atoms. The first-order chi connectivity index (χ1) is 14.8. The summed E-state index contributed by atoms with van der Waals surface area (Å²) in [5.74, 6) is -1.46. The fourth-order valence-electron chi connectivity index (χ4n) is 4.35. The number of allylic oxidation sites excluding steroid dienone is 2. The van der Waals surface area contributed by atoms with Crippen LogP contribution >= 0.6 is 0 Å². The standard InChI is InChI=1S/C24H31N3O4/c1-4-25-22(29)17(3)27(15-18-9-7-8-16(2)14-18)21(28)12-13-26-23(30)19-10-5-6-11-20(19)24(26)31/h5-9,14,17,19-20H,4,10-13,15H2,1-3H3,(H,25,29)/t17-,19-,20+/m0/s1. The lowest BCUT2D eigenvalue weighted by Gasteiger charge is -2.29. The van der Waals surface area contributed by atoms with Crippen LogP contribution in [0.25, 0.3) is 0 Å². The van der Waals surface area contributed by atoms with Crippen LogP contribution < -0.4 is 5.32 Å². The van der Waals surface area contributed by atoms with Gasteiger partial charge in [-0.3, -0.25) is 24.1 Å². The van der Waals surface area contributed by atoms with Crippen molar-refractivity contribution in [3.05, 3.63) is 47.5 Å². The Balaban J connectivity index is 1.71. The maximum absolute atomic E-state index is 13.2. The molecule has 1 heterocycles. The highest BCUT2D eigenvalue weighted by Crippen LogP contribution is 2.35. The molecule has 1 N–H and O–H groups in total. The fraction of sp³-hybridized carbons (Fsp3) is 0.500. The van der Waals surface area contributed by atoms with Gasteiger partial charge >= 0.3 is 0 Å². The predicted octanol–water partition coefficient (Wildman–Crippen LogP) is 2.19. The molecule has 1 aliphatic carbocycles. The summed E-state index contributed by atoms with van der Waals surface area (Å²) in [5.41, 5.74) is 2.00. The van der Waals surface area contributed by atoms with Gasteiger partial charge in [-0.05, 0) is 39.2 Å². The van der Waals surface area contributed by atoms with Gasteiger partial charge in [0.15, 0.2) is 0 Å². The molecule has 0 aromatic heterocycles. The van der Waals surface area contributed by atoms with E-state index >= 15 is 0 Å². The fourth-order valence-corrected chi connectivity index (χ4v) is 4.35. The molecule has 1 saturated heterocycles. The van der Waals surface area contributed by atoms with Crippen molar-refractivity contribution in [3.63, 3.8) is 0 Å². The lowest BCUT2D eigenvalue weighted by molar-refractivity contribution is -0.143. The predicted molar refractivity (Wildman–Crippen MR) is 117 cm³/mol. The third-order valence-corrected chi connectivity index (χ3v) is 6.10. The van der Waals surface area contributed by atoms with E-state index in [1.54, 1.807) is 6.92 Å². The number of carbonyl (C=O) groups excluding carboxylic acids is 4. The Labute approximate surface area is 183 Å². The van der Waals surface area contributed by atoms with E-state index in [-0.39, 0.29) is 55.0 Å². The molecule has 0 saturated carbocycles. The molecule has 1 aromatic carbocycles. The molecule has 4 amide bonds. The van der Waals surface area contributed by atoms with E-state index in [0.29, 0.717) is 19.4 Å². The lowest BCUT2D eigenvalue weighted by Crippen LogP contribution is -2.48. The number of nitrogens with one attached hydrogen (secondary N) is 1. The largest absolute Gasteiger partial charge is 0.355 e. The van der Waals surface area contributed by atoms with E-state index in [9.17, 15) is 19.2 Å². The zero-order valence-electron chi connectivity index (χ0n) is 18.5. The number of benzene rings is 1. The van der Waals surface area contributed by atoms with Crippen molar-refractivity contribution in [2.45, 2.75) is 52.6 Å². The summed E-state index contributed by atoms with van der Waals surface area (Å²) in [6.45, 7) is 6.32. The molecular formula is C24H31N3O4. The number of carbonyl (C=O) groups is 4. The van der Waals surface area contributed by atoms with Crippen LogP contribution in [0.2, 0.25) is 0 Å². The Hall–Kier alpha value is -2.96. The summed E-state index contributed by atoms with van der Waals surface area (Å²) in [6.07, 6.45) is 5.04. The summed E-state index contributed by atoms with van der Waals surface area (Å²) in [5, 5.41) is 2.76. The zero-order chi connectivity index (χ0) is 22.5. The molecule has 3 atom stereocenters. The quantitative estimate of drug-likeness (QED) is 0.511. The monoisotopic (exact) mass is 425 g/mol. The molecule has 166 valence electrons. The zero-order valence-corrected chi connectivity index (χ0v) is 18.5. The first-order valence-electron chi connectivity index (χ1n) is 11.0. The Bertz CT molecular complexity index is 869. The normalized spacial score (nSPS) is 21.1. The van der Waals surface area contributed by atoms with Crippen LogP contribution in [-0.2, 0) is 25.7 Å². The third kappa shape index (κ3) is 5.03. The maximum atomic E-state index is 13.2. The average Bonchev–Trinajstić information content (AvgIpc) is 3.00. The number of imide groups is 1. The van der Waals surface area contributed by atoms with E-state index in [4.69, 9.17) is 0 Å². The Morgan fingerprint density at radius 2 is 1.81 bits per heavy atom. The topological polar surface area (TPSA) is 86.8 Å². The van der Waals surface area contributed by atoms with Crippen molar-refractivity contribution < 1.29 is 19.2 Å². The molecule has 3 rings (SSSR count). The van der Waals surface area contributed by atoms with E-state index in [1.807, 2.05) is 50.3 Å². The molecule has 1 aliphatic heterocycles. The second-order valence-electron chi connectivity index (χ2n) is 8.32. The van der Waals surface area contributed by atoms with Crippen LogP contribution in [0.15, 0.2) is 36.4 Å². The highest BCUT2D eigenvalue weighted by atomic mass is 16.2. The maximum Gasteiger partial charge on any atom is 0.242 e. The van der Waals surface area contributed by atoms with Gasteiger partial charge in [0.1, 0.15) is 6.04 Å². The first kappa shape index (κ1) is 22.7. The molecule has 7 heteroatoms. The minimum Gasteiger partial charge on any atom is -0.355 e. The van der Waals surface area contributed by atoms with Crippen molar-refractivity contribution in [2.75, 3.05) is 13.1 Å². The van der Waals surface area contributed by atoms with Crippen molar-refractivity contribution in [1.29, 1.82) is 0 Å². The van der Waals surface area contributed by atoms with Gasteiger partial charge in [-0.15, -0.1) is 0 Å². The van der Waals surface area contributed by atoms with Crippen LogP contribution in [0.4, 0.5) is 0 Å². The van der Waals surface area contributed by atoms with Crippen molar-refractivity contribution in [2.24, 2.45) is 11.8 Å². The van der Waals surface area contributed by atoms with Crippen LogP contribution in [0.5, 0.6) is 0 Å². The summed E-state index contributed by atoms with van der Waals surface area (Å²) < 4.78 is 0. The molecule has 1 fully saturated rings. The number of hydrogen-bond donors (Lipinski definition) is 1. The summed E-state index contributed by atoms with van der Waals surface area (Å²) in [7, 11) is 0. The van der Waals surface area contributed by atoms with Crippen molar-refractivity contribution >= 4 is 23.6 Å². The van der Waals surface area contributed by atoms with Gasteiger partial charge in [0, 0.05) is 26.1 Å². The van der Waals surface area contributed by atoms with Crippen LogP contribution in [0.3, 0.4) is 0 Å². The van der Waals surface area contributed by atoms with Crippen molar-refractivity contribution in [3.8, 4) is 0 Å². The molecule has 0 bridgehead atoms. The van der Waals surface area contributed by atoms with E-state index < -0.39 is 6.04 Å². The first-order valence-corrected chi connectivity index (χ1v) is 11.0. The van der Waals surface area contributed by atoms with Gasteiger partial charge in [-0.1, -0.05) is 42.0 Å². The molecule has 0 unspecified atom stereocenters. The van der Waals surface area contributed by atoms with Crippen LogP contribution in [0.1, 0.15) is 44.2 Å². The third-order valence-electron chi connectivity index (χ3n) is 6.10. The van der Waals surface area contributed by atoms with Gasteiger partial charge in [0.2, 0.25) is 23.6 Å². The minimum absolute atomic E-state index is 0.0000900. The highest BCUT2D eigenvalue weighted by molar-refractivity contribution is 6.05. The minimum atomic E-state index is -0.662. The number of hydrogen-bond acceptors (Lipinski definition) is 4. The van der Waals surface area contributed by atoms with E-state index in [0.717, 1.165) is 11.1 Å². The van der Waals surface area contributed by atoms with E-state index in [1.165, 1.54) is 9.80 Å². The number of likely N-dealkylation sites (N-methyl/N-ethyl adjacent to an activating group) is 1. The summed E-state index contributed by atoms with van der Waals surface area (Å²) >= 11 is 0. The molecule has 2 aliphatic rings. The number of rotatable bonds is 8. The molecule has 0 radical (unpaired) electrons. The number of aryl methyl sites for hydroxylation is 1. The second kappa shape index (κ2) is 9.90. The Morgan fingerprint density at radius 1 is 1.16 bits per heavy atom.